The van der Waals surface area contributed by atoms with Gasteiger partial charge in [-0.15, -0.1) is 0 Å². The van der Waals surface area contributed by atoms with E-state index in [0.717, 1.165) is 24.4 Å². The average molecular weight is 233 g/mol. The van der Waals surface area contributed by atoms with E-state index in [0.29, 0.717) is 6.04 Å². The van der Waals surface area contributed by atoms with Gasteiger partial charge in [-0.2, -0.15) is 0 Å². The number of hydrogen-bond donors (Lipinski definition) is 1. The first kappa shape index (κ1) is 12.0. The van der Waals surface area contributed by atoms with E-state index in [4.69, 9.17) is 5.11 Å². The molecule has 1 aliphatic rings. The van der Waals surface area contributed by atoms with E-state index in [9.17, 15) is 4.79 Å². The fourth-order valence-corrected chi connectivity index (χ4v) is 2.43. The van der Waals surface area contributed by atoms with Gasteiger partial charge in [-0.25, -0.2) is 0 Å². The fraction of sp³-hybridized carbons (Fsp3) is 0.500. The van der Waals surface area contributed by atoms with Crippen LogP contribution in [0.2, 0.25) is 0 Å². The Morgan fingerprint density at radius 1 is 1.35 bits per heavy atom. The Morgan fingerprint density at radius 2 is 1.94 bits per heavy atom. The predicted octanol–water partition coefficient (Wildman–Crippen LogP) is 2.68. The van der Waals surface area contributed by atoms with Gasteiger partial charge in [0.05, 0.1) is 0 Å². The van der Waals surface area contributed by atoms with E-state index < -0.39 is 5.97 Å². The van der Waals surface area contributed by atoms with E-state index in [2.05, 4.69) is 6.92 Å². The normalized spacial score (nSPS) is 22.9. The molecule has 0 atom stereocenters. The van der Waals surface area contributed by atoms with Crippen LogP contribution in [0.3, 0.4) is 0 Å². The lowest BCUT2D eigenvalue weighted by Crippen LogP contribution is -2.46. The van der Waals surface area contributed by atoms with Crippen molar-refractivity contribution in [3.8, 4) is 0 Å². The number of benzene rings is 1. The molecule has 0 radical (unpaired) electrons. The number of rotatable bonds is 4. The van der Waals surface area contributed by atoms with Gasteiger partial charge in [0.25, 0.3) is 0 Å². The molecule has 1 aromatic carbocycles. The third-order valence-electron chi connectivity index (χ3n) is 3.46. The molecule has 1 N–H and O–H groups in total. The molecule has 0 unspecified atom stereocenters. The van der Waals surface area contributed by atoms with E-state index in [1.54, 1.807) is 0 Å². The lowest BCUT2D eigenvalue weighted by molar-refractivity contribution is -0.135. The smallest absolute Gasteiger partial charge is 0.323 e. The Hall–Kier alpha value is -1.51. The van der Waals surface area contributed by atoms with E-state index in [1.807, 2.05) is 36.1 Å². The van der Waals surface area contributed by atoms with Crippen molar-refractivity contribution in [2.24, 2.45) is 5.92 Å². The third kappa shape index (κ3) is 2.78. The third-order valence-corrected chi connectivity index (χ3v) is 3.46. The molecular formula is C14H19NO2. The van der Waals surface area contributed by atoms with Gasteiger partial charge in [-0.05, 0) is 37.8 Å². The van der Waals surface area contributed by atoms with Crippen LogP contribution >= 0.6 is 0 Å². The highest BCUT2D eigenvalue weighted by Crippen LogP contribution is 2.34. The summed E-state index contributed by atoms with van der Waals surface area (Å²) in [6.07, 6.45) is 2.20. The number of carbonyl (C=O) groups is 1. The van der Waals surface area contributed by atoms with Crippen LogP contribution < -0.4 is 4.90 Å². The van der Waals surface area contributed by atoms with Crippen molar-refractivity contribution in [1.29, 1.82) is 0 Å². The Bertz CT molecular complexity index is 393. The van der Waals surface area contributed by atoms with Crippen LogP contribution in [0.4, 0.5) is 5.69 Å². The highest BCUT2D eigenvalue weighted by molar-refractivity contribution is 5.74. The summed E-state index contributed by atoms with van der Waals surface area (Å²) in [6, 6.07) is 8.49. The highest BCUT2D eigenvalue weighted by Gasteiger charge is 2.31. The van der Waals surface area contributed by atoms with Crippen molar-refractivity contribution in [3.05, 3.63) is 29.8 Å². The monoisotopic (exact) mass is 233 g/mol. The zero-order valence-corrected chi connectivity index (χ0v) is 10.4. The Kier molecular flexibility index (Phi) is 3.36. The molecule has 1 aromatic rings. The lowest BCUT2D eigenvalue weighted by Gasteiger charge is -2.42. The minimum Gasteiger partial charge on any atom is -0.480 e. The first-order chi connectivity index (χ1) is 8.06. The molecule has 92 valence electrons. The summed E-state index contributed by atoms with van der Waals surface area (Å²) in [5, 5.41) is 8.99. The molecule has 0 bridgehead atoms. The molecule has 0 aromatic heterocycles. The van der Waals surface area contributed by atoms with Crippen molar-refractivity contribution in [1.82, 2.24) is 0 Å². The SMILES string of the molecule is Cc1ccc(N(CC(=O)O)C2CC(C)C2)cc1. The molecule has 0 spiro atoms. The molecule has 1 saturated carbocycles. The van der Waals surface area contributed by atoms with Gasteiger partial charge in [-0.1, -0.05) is 24.6 Å². The zero-order chi connectivity index (χ0) is 12.4. The van der Waals surface area contributed by atoms with Gasteiger partial charge in [0, 0.05) is 11.7 Å². The Balaban J connectivity index is 2.14. The number of anilines is 1. The molecule has 1 fully saturated rings. The second kappa shape index (κ2) is 4.78. The maximum atomic E-state index is 10.9. The van der Waals surface area contributed by atoms with Gasteiger partial charge in [0.2, 0.25) is 0 Å². The summed E-state index contributed by atoms with van der Waals surface area (Å²) < 4.78 is 0. The summed E-state index contributed by atoms with van der Waals surface area (Å²) in [4.78, 5) is 12.9. The number of nitrogens with zero attached hydrogens (tertiary/aromatic N) is 1. The second-order valence-corrected chi connectivity index (χ2v) is 5.09. The standard InChI is InChI=1S/C14H19NO2/c1-10-3-5-12(6-4-10)15(9-14(16)17)13-7-11(2)8-13/h3-6,11,13H,7-9H2,1-2H3,(H,16,17). The van der Waals surface area contributed by atoms with Crippen molar-refractivity contribution >= 4 is 11.7 Å². The molecule has 3 nitrogen and oxygen atoms in total. The number of aliphatic carboxylic acids is 1. The zero-order valence-electron chi connectivity index (χ0n) is 10.4. The summed E-state index contributed by atoms with van der Waals surface area (Å²) in [7, 11) is 0. The molecule has 0 heterocycles. The summed E-state index contributed by atoms with van der Waals surface area (Å²) in [5.74, 6) is -0.0353. The molecule has 17 heavy (non-hydrogen) atoms. The van der Waals surface area contributed by atoms with Gasteiger partial charge in [0.1, 0.15) is 6.54 Å². The molecule has 0 saturated heterocycles. The summed E-state index contributed by atoms with van der Waals surface area (Å²) >= 11 is 0. The molecule has 0 amide bonds. The molecular weight excluding hydrogens is 214 g/mol. The lowest BCUT2D eigenvalue weighted by atomic mass is 9.80. The fourth-order valence-electron chi connectivity index (χ4n) is 2.43. The van der Waals surface area contributed by atoms with Gasteiger partial charge >= 0.3 is 5.97 Å². The Labute approximate surface area is 102 Å². The van der Waals surface area contributed by atoms with Crippen LogP contribution in [-0.4, -0.2) is 23.7 Å². The van der Waals surface area contributed by atoms with Gasteiger partial charge in [0.15, 0.2) is 0 Å². The molecule has 2 rings (SSSR count). The number of aryl methyl sites for hydroxylation is 1. The quantitative estimate of drug-likeness (QED) is 0.869. The van der Waals surface area contributed by atoms with Crippen molar-refractivity contribution < 1.29 is 9.90 Å². The van der Waals surface area contributed by atoms with Crippen LogP contribution in [0.5, 0.6) is 0 Å². The summed E-state index contributed by atoms with van der Waals surface area (Å²) in [6.45, 7) is 4.35. The molecule has 0 aliphatic heterocycles. The number of carboxylic acid groups (broad SMARTS) is 1. The van der Waals surface area contributed by atoms with Crippen molar-refractivity contribution in [3.63, 3.8) is 0 Å². The van der Waals surface area contributed by atoms with Gasteiger partial charge in [-0.3, -0.25) is 4.79 Å². The van der Waals surface area contributed by atoms with Crippen molar-refractivity contribution in [2.45, 2.75) is 32.7 Å². The van der Waals surface area contributed by atoms with E-state index >= 15 is 0 Å². The first-order valence-corrected chi connectivity index (χ1v) is 6.11. The van der Waals surface area contributed by atoms with Crippen LogP contribution in [0, 0.1) is 12.8 Å². The average Bonchev–Trinajstić information content (AvgIpc) is 2.23. The molecule has 3 heteroatoms. The number of carboxylic acids is 1. The topological polar surface area (TPSA) is 40.5 Å². The highest BCUT2D eigenvalue weighted by atomic mass is 16.4. The van der Waals surface area contributed by atoms with E-state index in [1.165, 1.54) is 5.56 Å². The maximum Gasteiger partial charge on any atom is 0.323 e. The predicted molar refractivity (Wildman–Crippen MR) is 68.3 cm³/mol. The first-order valence-electron chi connectivity index (χ1n) is 6.11. The van der Waals surface area contributed by atoms with Crippen LogP contribution in [-0.2, 0) is 4.79 Å². The van der Waals surface area contributed by atoms with Crippen LogP contribution in [0.15, 0.2) is 24.3 Å². The van der Waals surface area contributed by atoms with Gasteiger partial charge < -0.3 is 10.0 Å². The number of hydrogen-bond acceptors (Lipinski definition) is 2. The van der Waals surface area contributed by atoms with Crippen LogP contribution in [0.1, 0.15) is 25.3 Å². The van der Waals surface area contributed by atoms with Crippen LogP contribution in [0.25, 0.3) is 0 Å². The Morgan fingerprint density at radius 3 is 2.41 bits per heavy atom. The summed E-state index contributed by atoms with van der Waals surface area (Å²) in [5.41, 5.74) is 2.22. The minimum atomic E-state index is -0.759. The largest absolute Gasteiger partial charge is 0.480 e. The van der Waals surface area contributed by atoms with Crippen molar-refractivity contribution in [2.75, 3.05) is 11.4 Å². The second-order valence-electron chi connectivity index (χ2n) is 5.09. The molecule has 1 aliphatic carbocycles. The minimum absolute atomic E-state index is 0.0977. The maximum absolute atomic E-state index is 10.9. The van der Waals surface area contributed by atoms with E-state index in [-0.39, 0.29) is 6.54 Å².